The number of hydrazone groups is 1. The standard InChI is InChI=1S/C7H7ClIN3/c1-4-7(9)12-6(10-4)3-2-5(8)11-12/h2-4,7H,1H3. The number of alkyl halides is 1. The fourth-order valence-corrected chi connectivity index (χ4v) is 1.88. The molecule has 0 spiro atoms. The summed E-state index contributed by atoms with van der Waals surface area (Å²) in [5, 5.41) is 6.54. The van der Waals surface area contributed by atoms with Crippen LogP contribution in [0, 0.1) is 0 Å². The number of fused-ring (bicyclic) bond motifs is 1. The summed E-state index contributed by atoms with van der Waals surface area (Å²) in [6.45, 7) is 2.07. The highest BCUT2D eigenvalue weighted by Crippen LogP contribution is 2.26. The van der Waals surface area contributed by atoms with Crippen molar-refractivity contribution in [1.29, 1.82) is 0 Å². The minimum atomic E-state index is 0.288. The smallest absolute Gasteiger partial charge is 0.149 e. The van der Waals surface area contributed by atoms with Crippen molar-refractivity contribution >= 4 is 45.2 Å². The van der Waals surface area contributed by atoms with Gasteiger partial charge in [0.05, 0.1) is 6.04 Å². The maximum Gasteiger partial charge on any atom is 0.149 e. The summed E-state index contributed by atoms with van der Waals surface area (Å²) in [5.74, 6) is 0.909. The van der Waals surface area contributed by atoms with Crippen LogP contribution in [0.2, 0.25) is 0 Å². The Bertz CT molecular complexity index is 297. The molecule has 2 rings (SSSR count). The molecule has 0 saturated carbocycles. The van der Waals surface area contributed by atoms with Crippen LogP contribution in [-0.2, 0) is 0 Å². The van der Waals surface area contributed by atoms with Crippen LogP contribution in [-0.4, -0.2) is 26.1 Å². The lowest BCUT2D eigenvalue weighted by atomic mass is 10.4. The summed E-state index contributed by atoms with van der Waals surface area (Å²) in [5.41, 5.74) is 0. The summed E-state index contributed by atoms with van der Waals surface area (Å²) >= 11 is 8.07. The predicted octanol–water partition coefficient (Wildman–Crippen LogP) is 1.97. The van der Waals surface area contributed by atoms with Crippen LogP contribution in [0.15, 0.2) is 22.2 Å². The first-order valence-corrected chi connectivity index (χ1v) is 5.24. The molecule has 0 aliphatic carbocycles. The zero-order valence-corrected chi connectivity index (χ0v) is 9.32. The fourth-order valence-electron chi connectivity index (χ4n) is 1.17. The summed E-state index contributed by atoms with van der Waals surface area (Å²) in [7, 11) is 0. The normalized spacial score (nSPS) is 33.1. The first kappa shape index (κ1) is 8.50. The van der Waals surface area contributed by atoms with Gasteiger partial charge in [0.2, 0.25) is 0 Å². The molecule has 2 aliphatic rings. The molecule has 2 heterocycles. The largest absolute Gasteiger partial charge is 0.261 e. The van der Waals surface area contributed by atoms with Gasteiger partial charge in [-0.2, -0.15) is 5.10 Å². The van der Waals surface area contributed by atoms with Gasteiger partial charge in [-0.05, 0) is 19.1 Å². The SMILES string of the molecule is CC1N=C2C=CC(Cl)=NN2C1I. The molecular weight excluding hydrogens is 288 g/mol. The molecule has 0 radical (unpaired) electrons. The summed E-state index contributed by atoms with van der Waals surface area (Å²) in [6.07, 6.45) is 3.66. The third kappa shape index (κ3) is 1.26. The van der Waals surface area contributed by atoms with E-state index >= 15 is 0 Å². The van der Waals surface area contributed by atoms with Crippen LogP contribution in [0.5, 0.6) is 0 Å². The summed E-state index contributed by atoms with van der Waals surface area (Å²) < 4.78 is 0.288. The third-order valence-electron chi connectivity index (χ3n) is 1.78. The average Bonchev–Trinajstić information content (AvgIpc) is 2.31. The number of allylic oxidation sites excluding steroid dienone is 1. The van der Waals surface area contributed by atoms with E-state index in [2.05, 4.69) is 39.6 Å². The maximum absolute atomic E-state index is 5.76. The number of rotatable bonds is 0. The van der Waals surface area contributed by atoms with Crippen LogP contribution in [0.4, 0.5) is 0 Å². The van der Waals surface area contributed by atoms with Gasteiger partial charge in [-0.1, -0.05) is 34.2 Å². The van der Waals surface area contributed by atoms with Crippen molar-refractivity contribution in [3.05, 3.63) is 12.2 Å². The zero-order valence-electron chi connectivity index (χ0n) is 6.41. The first-order chi connectivity index (χ1) is 5.68. The lowest BCUT2D eigenvalue weighted by molar-refractivity contribution is 0.440. The van der Waals surface area contributed by atoms with Crippen molar-refractivity contribution < 1.29 is 0 Å². The number of halogens is 2. The predicted molar refractivity (Wildman–Crippen MR) is 59.0 cm³/mol. The molecule has 0 aromatic carbocycles. The second-order valence-electron chi connectivity index (χ2n) is 2.70. The Balaban J connectivity index is 2.33. The van der Waals surface area contributed by atoms with E-state index in [1.165, 1.54) is 0 Å². The Hall–Kier alpha value is -0.100. The van der Waals surface area contributed by atoms with Crippen LogP contribution < -0.4 is 0 Å². The maximum atomic E-state index is 5.76. The van der Waals surface area contributed by atoms with Crippen molar-refractivity contribution in [2.75, 3.05) is 0 Å². The molecule has 0 aromatic rings. The molecule has 2 unspecified atom stereocenters. The van der Waals surface area contributed by atoms with Gasteiger partial charge in [-0.25, -0.2) is 5.01 Å². The molecule has 2 aliphatic heterocycles. The fraction of sp³-hybridized carbons (Fsp3) is 0.429. The monoisotopic (exact) mass is 295 g/mol. The molecule has 3 nitrogen and oxygen atoms in total. The lowest BCUT2D eigenvalue weighted by Gasteiger charge is -2.20. The van der Waals surface area contributed by atoms with Crippen LogP contribution in [0.1, 0.15) is 6.92 Å². The van der Waals surface area contributed by atoms with Gasteiger partial charge >= 0.3 is 0 Å². The minimum absolute atomic E-state index is 0.288. The molecule has 0 bridgehead atoms. The molecule has 0 aromatic heterocycles. The van der Waals surface area contributed by atoms with Gasteiger partial charge in [-0.15, -0.1) is 0 Å². The third-order valence-corrected chi connectivity index (χ3v) is 3.55. The Morgan fingerprint density at radius 1 is 1.58 bits per heavy atom. The highest BCUT2D eigenvalue weighted by atomic mass is 127. The Labute approximate surface area is 89.3 Å². The van der Waals surface area contributed by atoms with Crippen LogP contribution >= 0.6 is 34.2 Å². The second-order valence-corrected chi connectivity index (χ2v) is 4.36. The van der Waals surface area contributed by atoms with E-state index in [0.717, 1.165) is 5.84 Å². The molecule has 0 N–H and O–H groups in total. The molecule has 2 atom stereocenters. The van der Waals surface area contributed by atoms with Crippen LogP contribution in [0.25, 0.3) is 0 Å². The Morgan fingerprint density at radius 3 is 3.08 bits per heavy atom. The van der Waals surface area contributed by atoms with Crippen molar-refractivity contribution in [2.45, 2.75) is 17.0 Å². The van der Waals surface area contributed by atoms with Crippen molar-refractivity contribution in [2.24, 2.45) is 10.1 Å². The molecule has 64 valence electrons. The average molecular weight is 296 g/mol. The topological polar surface area (TPSA) is 28.0 Å². The molecule has 0 saturated heterocycles. The second kappa shape index (κ2) is 2.99. The van der Waals surface area contributed by atoms with Crippen molar-refractivity contribution in [1.82, 2.24) is 5.01 Å². The number of aliphatic imine (C=N–C) groups is 1. The van der Waals surface area contributed by atoms with E-state index in [0.29, 0.717) is 5.17 Å². The highest BCUT2D eigenvalue weighted by molar-refractivity contribution is 14.1. The zero-order chi connectivity index (χ0) is 8.72. The van der Waals surface area contributed by atoms with Crippen LogP contribution in [0.3, 0.4) is 0 Å². The highest BCUT2D eigenvalue weighted by Gasteiger charge is 2.31. The number of hydrogen-bond acceptors (Lipinski definition) is 3. The van der Waals surface area contributed by atoms with E-state index in [-0.39, 0.29) is 10.1 Å². The molecule has 0 amide bonds. The Morgan fingerprint density at radius 2 is 2.33 bits per heavy atom. The van der Waals surface area contributed by atoms with E-state index < -0.39 is 0 Å². The van der Waals surface area contributed by atoms with Gasteiger partial charge in [0, 0.05) is 0 Å². The first-order valence-electron chi connectivity index (χ1n) is 3.62. The molecule has 5 heteroatoms. The molecular formula is C7H7ClIN3. The molecule has 12 heavy (non-hydrogen) atoms. The number of nitrogens with zero attached hydrogens (tertiary/aromatic N) is 3. The van der Waals surface area contributed by atoms with Gasteiger partial charge in [0.15, 0.2) is 0 Å². The van der Waals surface area contributed by atoms with Gasteiger partial charge in [0.25, 0.3) is 0 Å². The van der Waals surface area contributed by atoms with E-state index in [1.807, 2.05) is 11.1 Å². The van der Waals surface area contributed by atoms with E-state index in [9.17, 15) is 0 Å². The van der Waals surface area contributed by atoms with Gasteiger partial charge in [0.1, 0.15) is 15.1 Å². The minimum Gasteiger partial charge on any atom is -0.261 e. The number of amidine groups is 1. The Kier molecular flexibility index (Phi) is 2.12. The van der Waals surface area contributed by atoms with Crippen molar-refractivity contribution in [3.8, 4) is 0 Å². The van der Waals surface area contributed by atoms with Gasteiger partial charge < -0.3 is 0 Å². The summed E-state index contributed by atoms with van der Waals surface area (Å²) in [4.78, 5) is 4.41. The quantitative estimate of drug-likeness (QED) is 0.381. The van der Waals surface area contributed by atoms with E-state index in [1.54, 1.807) is 6.08 Å². The van der Waals surface area contributed by atoms with Gasteiger partial charge in [-0.3, -0.25) is 4.99 Å². The lowest BCUT2D eigenvalue weighted by Crippen LogP contribution is -2.31. The van der Waals surface area contributed by atoms with E-state index in [4.69, 9.17) is 11.6 Å². The molecule has 0 fully saturated rings. The van der Waals surface area contributed by atoms with Crippen molar-refractivity contribution in [3.63, 3.8) is 0 Å². The number of hydrogen-bond donors (Lipinski definition) is 0. The summed E-state index contributed by atoms with van der Waals surface area (Å²) in [6, 6.07) is 0.288.